The van der Waals surface area contributed by atoms with Gasteiger partial charge in [0.1, 0.15) is 0 Å². The lowest BCUT2D eigenvalue weighted by Gasteiger charge is -2.33. The lowest BCUT2D eigenvalue weighted by Crippen LogP contribution is -2.51. The van der Waals surface area contributed by atoms with E-state index in [1.807, 2.05) is 31.2 Å². The zero-order chi connectivity index (χ0) is 15.3. The summed E-state index contributed by atoms with van der Waals surface area (Å²) < 4.78 is 29.0. The van der Waals surface area contributed by atoms with Gasteiger partial charge in [-0.05, 0) is 37.3 Å². The van der Waals surface area contributed by atoms with E-state index in [0.29, 0.717) is 26.1 Å². The molecule has 1 aromatic carbocycles. The largest absolute Gasteiger partial charge is 0.329 e. The summed E-state index contributed by atoms with van der Waals surface area (Å²) >= 11 is 0. The number of nitrogens with two attached hydrogens (primary N) is 1. The maximum Gasteiger partial charge on any atom is 0.279 e. The number of piperidine rings is 1. The van der Waals surface area contributed by atoms with Crippen LogP contribution >= 0.6 is 0 Å². The van der Waals surface area contributed by atoms with Crippen molar-refractivity contribution in [1.82, 2.24) is 9.03 Å². The van der Waals surface area contributed by atoms with Crippen LogP contribution in [0.2, 0.25) is 0 Å². The summed E-state index contributed by atoms with van der Waals surface area (Å²) in [6, 6.07) is 7.98. The summed E-state index contributed by atoms with van der Waals surface area (Å²) in [5.74, 6) is 0. The van der Waals surface area contributed by atoms with Crippen molar-refractivity contribution >= 4 is 10.2 Å². The molecule has 0 bridgehead atoms. The fourth-order valence-corrected chi connectivity index (χ4v) is 4.29. The zero-order valence-corrected chi connectivity index (χ0v) is 13.4. The van der Waals surface area contributed by atoms with Gasteiger partial charge in [0, 0.05) is 25.7 Å². The lowest BCUT2D eigenvalue weighted by molar-refractivity contribution is 0.254. The van der Waals surface area contributed by atoms with Crippen LogP contribution in [0.15, 0.2) is 24.3 Å². The molecule has 3 N–H and O–H groups in total. The van der Waals surface area contributed by atoms with Crippen molar-refractivity contribution < 1.29 is 8.42 Å². The summed E-state index contributed by atoms with van der Waals surface area (Å²) in [5.41, 5.74) is 8.06. The highest BCUT2D eigenvalue weighted by Crippen LogP contribution is 2.18. The van der Waals surface area contributed by atoms with Gasteiger partial charge >= 0.3 is 0 Å². The molecule has 1 atom stereocenters. The van der Waals surface area contributed by atoms with E-state index >= 15 is 0 Å². The van der Waals surface area contributed by atoms with Gasteiger partial charge in [-0.15, -0.1) is 0 Å². The third-order valence-electron chi connectivity index (χ3n) is 4.09. The Morgan fingerprint density at radius 2 is 2.10 bits per heavy atom. The van der Waals surface area contributed by atoms with Crippen molar-refractivity contribution in [2.45, 2.75) is 38.6 Å². The minimum absolute atomic E-state index is 0.0605. The van der Waals surface area contributed by atoms with Crippen LogP contribution in [0, 0.1) is 6.92 Å². The van der Waals surface area contributed by atoms with E-state index in [2.05, 4.69) is 4.72 Å². The first-order valence-corrected chi connectivity index (χ1v) is 8.99. The fourth-order valence-electron chi connectivity index (χ4n) is 2.81. The molecular formula is C15H25N3O2S. The zero-order valence-electron chi connectivity index (χ0n) is 12.6. The van der Waals surface area contributed by atoms with Crippen LogP contribution in [-0.2, 0) is 16.6 Å². The molecule has 0 spiro atoms. The van der Waals surface area contributed by atoms with E-state index in [1.165, 1.54) is 15.4 Å². The molecular weight excluding hydrogens is 286 g/mol. The monoisotopic (exact) mass is 311 g/mol. The van der Waals surface area contributed by atoms with E-state index in [4.69, 9.17) is 5.73 Å². The van der Waals surface area contributed by atoms with E-state index in [0.717, 1.165) is 19.3 Å². The van der Waals surface area contributed by atoms with E-state index in [-0.39, 0.29) is 6.04 Å². The SMILES string of the molecule is Cc1ccccc1CCNS(=O)(=O)N1CCCCC1CN. The van der Waals surface area contributed by atoms with Gasteiger partial charge in [0.15, 0.2) is 0 Å². The molecule has 1 fully saturated rings. The number of aryl methyl sites for hydroxylation is 1. The first-order valence-electron chi connectivity index (χ1n) is 7.55. The van der Waals surface area contributed by atoms with E-state index in [1.54, 1.807) is 0 Å². The summed E-state index contributed by atoms with van der Waals surface area (Å²) in [4.78, 5) is 0. The molecule has 0 saturated carbocycles. The van der Waals surface area contributed by atoms with Crippen molar-refractivity contribution in [3.63, 3.8) is 0 Å². The molecule has 1 aliphatic heterocycles. The molecule has 21 heavy (non-hydrogen) atoms. The molecule has 1 saturated heterocycles. The minimum atomic E-state index is -3.42. The number of nitrogens with one attached hydrogen (secondary N) is 1. The van der Waals surface area contributed by atoms with Crippen LogP contribution in [0.5, 0.6) is 0 Å². The van der Waals surface area contributed by atoms with E-state index < -0.39 is 10.2 Å². The van der Waals surface area contributed by atoms with Gasteiger partial charge in [-0.1, -0.05) is 30.7 Å². The number of rotatable bonds is 6. The van der Waals surface area contributed by atoms with Crippen LogP contribution in [0.25, 0.3) is 0 Å². The van der Waals surface area contributed by atoms with Crippen LogP contribution < -0.4 is 10.5 Å². The van der Waals surface area contributed by atoms with Crippen LogP contribution in [0.3, 0.4) is 0 Å². The number of nitrogens with zero attached hydrogens (tertiary/aromatic N) is 1. The Morgan fingerprint density at radius 1 is 1.33 bits per heavy atom. The summed E-state index contributed by atoms with van der Waals surface area (Å²) in [7, 11) is -3.42. The van der Waals surface area contributed by atoms with Gasteiger partial charge in [0.25, 0.3) is 10.2 Å². The summed E-state index contributed by atoms with van der Waals surface area (Å²) in [6.45, 7) is 3.42. The molecule has 1 aromatic rings. The topological polar surface area (TPSA) is 75.4 Å². The van der Waals surface area contributed by atoms with Gasteiger partial charge in [-0.3, -0.25) is 0 Å². The average molecular weight is 311 g/mol. The second-order valence-corrected chi connectivity index (χ2v) is 7.28. The van der Waals surface area contributed by atoms with Crippen molar-refractivity contribution in [3.05, 3.63) is 35.4 Å². The number of hydrogen-bond acceptors (Lipinski definition) is 3. The van der Waals surface area contributed by atoms with Crippen molar-refractivity contribution in [2.24, 2.45) is 5.73 Å². The summed E-state index contributed by atoms with van der Waals surface area (Å²) in [6.07, 6.45) is 3.52. The maximum absolute atomic E-state index is 12.4. The maximum atomic E-state index is 12.4. The highest BCUT2D eigenvalue weighted by molar-refractivity contribution is 7.87. The van der Waals surface area contributed by atoms with Gasteiger partial charge in [0.2, 0.25) is 0 Å². The normalized spacial score (nSPS) is 20.6. The van der Waals surface area contributed by atoms with Crippen molar-refractivity contribution in [1.29, 1.82) is 0 Å². The lowest BCUT2D eigenvalue weighted by atomic mass is 10.1. The Morgan fingerprint density at radius 3 is 2.81 bits per heavy atom. The predicted molar refractivity (Wildman–Crippen MR) is 85.2 cm³/mol. The first kappa shape index (κ1) is 16.4. The molecule has 0 radical (unpaired) electrons. The van der Waals surface area contributed by atoms with Crippen LogP contribution in [0.1, 0.15) is 30.4 Å². The van der Waals surface area contributed by atoms with Gasteiger partial charge in [-0.2, -0.15) is 12.7 Å². The average Bonchev–Trinajstić information content (AvgIpc) is 2.49. The third-order valence-corrected chi connectivity index (χ3v) is 5.76. The van der Waals surface area contributed by atoms with E-state index in [9.17, 15) is 8.42 Å². The molecule has 0 aliphatic carbocycles. The molecule has 1 unspecified atom stereocenters. The Bertz CT molecular complexity index is 560. The van der Waals surface area contributed by atoms with Gasteiger partial charge in [0.05, 0.1) is 0 Å². The van der Waals surface area contributed by atoms with Crippen molar-refractivity contribution in [3.8, 4) is 0 Å². The highest BCUT2D eigenvalue weighted by Gasteiger charge is 2.30. The molecule has 1 aliphatic rings. The Balaban J connectivity index is 1.93. The molecule has 118 valence electrons. The number of hydrogen-bond donors (Lipinski definition) is 2. The Hall–Kier alpha value is -0.950. The Kier molecular flexibility index (Phi) is 5.75. The quantitative estimate of drug-likeness (QED) is 0.828. The molecule has 2 rings (SSSR count). The van der Waals surface area contributed by atoms with Crippen molar-refractivity contribution in [2.75, 3.05) is 19.6 Å². The molecule has 1 heterocycles. The second-order valence-electron chi connectivity index (χ2n) is 5.57. The minimum Gasteiger partial charge on any atom is -0.329 e. The molecule has 6 heteroatoms. The second kappa shape index (κ2) is 7.35. The predicted octanol–water partition coefficient (Wildman–Crippen LogP) is 1.19. The standard InChI is InChI=1S/C15H25N3O2S/c1-13-6-2-3-7-14(13)9-10-17-21(19,20)18-11-5-4-8-15(18)12-16/h2-3,6-7,15,17H,4-5,8-12,16H2,1H3. The molecule has 5 nitrogen and oxygen atoms in total. The smallest absolute Gasteiger partial charge is 0.279 e. The molecule has 0 amide bonds. The molecule has 0 aromatic heterocycles. The van der Waals surface area contributed by atoms with Crippen LogP contribution in [0.4, 0.5) is 0 Å². The van der Waals surface area contributed by atoms with Gasteiger partial charge in [-0.25, -0.2) is 4.72 Å². The van der Waals surface area contributed by atoms with Gasteiger partial charge < -0.3 is 5.73 Å². The van der Waals surface area contributed by atoms with Crippen LogP contribution in [-0.4, -0.2) is 38.4 Å². The summed E-state index contributed by atoms with van der Waals surface area (Å²) in [5, 5.41) is 0. The Labute approximate surface area is 127 Å². The first-order chi connectivity index (χ1) is 10.0. The highest BCUT2D eigenvalue weighted by atomic mass is 32.2. The number of benzene rings is 1. The third kappa shape index (κ3) is 4.26. The fraction of sp³-hybridized carbons (Fsp3) is 0.600.